The summed E-state index contributed by atoms with van der Waals surface area (Å²) in [7, 11) is 0. The molecule has 2 heterocycles. The normalized spacial score (nSPS) is 14.4. The third kappa shape index (κ3) is 4.97. The Morgan fingerprint density at radius 2 is 1.77 bits per heavy atom. The number of carbonyl (C=O) groups is 1. The van der Waals surface area contributed by atoms with Crippen molar-refractivity contribution in [1.29, 1.82) is 0 Å². The first-order chi connectivity index (χ1) is 14.7. The van der Waals surface area contributed by atoms with E-state index in [0.717, 1.165) is 29.6 Å². The maximum Gasteiger partial charge on any atom is 0.256 e. The highest BCUT2D eigenvalue weighted by Crippen LogP contribution is 2.23. The molecule has 154 valence electrons. The van der Waals surface area contributed by atoms with E-state index in [1.54, 1.807) is 47.3 Å². The molecule has 1 aromatic heterocycles. The van der Waals surface area contributed by atoms with Crippen molar-refractivity contribution in [3.8, 4) is 0 Å². The molecule has 7 heteroatoms. The number of benzene rings is 2. The Morgan fingerprint density at radius 1 is 0.967 bits per heavy atom. The maximum atomic E-state index is 14.0. The molecule has 0 unspecified atom stereocenters. The summed E-state index contributed by atoms with van der Waals surface area (Å²) >= 11 is 1.65. The van der Waals surface area contributed by atoms with Gasteiger partial charge in [0.2, 0.25) is 0 Å². The van der Waals surface area contributed by atoms with Crippen molar-refractivity contribution in [1.82, 2.24) is 14.9 Å². The average Bonchev–Trinajstić information content (AvgIpc) is 3.05. The summed E-state index contributed by atoms with van der Waals surface area (Å²) in [6.07, 6.45) is 4.34. The van der Waals surface area contributed by atoms with Gasteiger partial charge in [-0.15, -0.1) is 11.8 Å². The van der Waals surface area contributed by atoms with E-state index in [0.29, 0.717) is 19.6 Å². The predicted octanol–water partition coefficient (Wildman–Crippen LogP) is 4.26. The number of aromatic nitrogens is 2. The molecule has 0 spiro atoms. The van der Waals surface area contributed by atoms with Crippen molar-refractivity contribution < 1.29 is 9.18 Å². The summed E-state index contributed by atoms with van der Waals surface area (Å²) in [4.78, 5) is 25.7. The van der Waals surface area contributed by atoms with Crippen LogP contribution in [-0.4, -0.2) is 47.0 Å². The number of carbonyl (C=O) groups excluding carboxylic acids is 1. The van der Waals surface area contributed by atoms with Gasteiger partial charge in [-0.25, -0.2) is 9.37 Å². The second kappa shape index (κ2) is 9.71. The van der Waals surface area contributed by atoms with E-state index in [1.807, 2.05) is 18.2 Å². The van der Waals surface area contributed by atoms with Gasteiger partial charge in [0.25, 0.3) is 5.91 Å². The molecule has 0 bridgehead atoms. The van der Waals surface area contributed by atoms with E-state index in [2.05, 4.69) is 22.0 Å². The summed E-state index contributed by atoms with van der Waals surface area (Å²) in [6.45, 7) is 2.54. The highest BCUT2D eigenvalue weighted by atomic mass is 32.2. The van der Waals surface area contributed by atoms with Crippen LogP contribution in [-0.2, 0) is 5.75 Å². The van der Waals surface area contributed by atoms with Crippen LogP contribution >= 0.6 is 11.8 Å². The second-order valence-corrected chi connectivity index (χ2v) is 8.10. The van der Waals surface area contributed by atoms with Crippen LogP contribution in [0.1, 0.15) is 22.3 Å². The van der Waals surface area contributed by atoms with Gasteiger partial charge in [-0.1, -0.05) is 42.5 Å². The van der Waals surface area contributed by atoms with Gasteiger partial charge in [-0.2, -0.15) is 0 Å². The zero-order valence-electron chi connectivity index (χ0n) is 16.6. The molecule has 30 heavy (non-hydrogen) atoms. The molecule has 4 rings (SSSR count). The largest absolute Gasteiger partial charge is 0.353 e. The van der Waals surface area contributed by atoms with Crippen molar-refractivity contribution in [2.24, 2.45) is 0 Å². The molecular formula is C23H23FN4OS. The molecule has 1 aliphatic heterocycles. The molecule has 0 atom stereocenters. The zero-order chi connectivity index (χ0) is 20.8. The lowest BCUT2D eigenvalue weighted by molar-refractivity contribution is 0.0762. The Bertz CT molecular complexity index is 1000. The number of nitrogens with zero attached hydrogens (tertiary/aromatic N) is 4. The third-order valence-corrected chi connectivity index (χ3v) is 6.01. The van der Waals surface area contributed by atoms with Crippen molar-refractivity contribution in [3.63, 3.8) is 0 Å². The molecule has 3 aromatic rings. The Morgan fingerprint density at radius 3 is 2.60 bits per heavy atom. The standard InChI is InChI=1S/C23H23FN4OS/c24-20-10-5-4-9-19(20)23(29)28-12-6-11-27(13-14-28)21-15-25-16-22(26-21)30-17-18-7-2-1-3-8-18/h1-5,7-10,15-16H,6,11-14,17H2. The first-order valence-corrected chi connectivity index (χ1v) is 11.0. The molecule has 0 saturated carbocycles. The number of hydrogen-bond donors (Lipinski definition) is 0. The van der Waals surface area contributed by atoms with Crippen molar-refractivity contribution in [3.05, 3.63) is 83.9 Å². The van der Waals surface area contributed by atoms with Gasteiger partial charge >= 0.3 is 0 Å². The lowest BCUT2D eigenvalue weighted by atomic mass is 10.2. The Kier molecular flexibility index (Phi) is 6.59. The summed E-state index contributed by atoms with van der Waals surface area (Å²) in [5.74, 6) is 0.920. The third-order valence-electron chi connectivity index (χ3n) is 5.04. The van der Waals surface area contributed by atoms with Gasteiger partial charge in [0, 0.05) is 31.9 Å². The molecule has 0 radical (unpaired) electrons. The number of anilines is 1. The lowest BCUT2D eigenvalue weighted by Gasteiger charge is -2.23. The van der Waals surface area contributed by atoms with Crippen LogP contribution in [0.25, 0.3) is 0 Å². The van der Waals surface area contributed by atoms with E-state index >= 15 is 0 Å². The minimum atomic E-state index is -0.474. The average molecular weight is 423 g/mol. The van der Waals surface area contributed by atoms with E-state index in [4.69, 9.17) is 4.98 Å². The highest BCUT2D eigenvalue weighted by Gasteiger charge is 2.23. The molecule has 0 N–H and O–H groups in total. The Labute approximate surface area is 180 Å². The Balaban J connectivity index is 1.39. The van der Waals surface area contributed by atoms with Crippen LogP contribution in [0, 0.1) is 5.82 Å². The van der Waals surface area contributed by atoms with Crippen LogP contribution in [0.15, 0.2) is 72.0 Å². The molecule has 1 fully saturated rings. The van der Waals surface area contributed by atoms with E-state index < -0.39 is 5.82 Å². The van der Waals surface area contributed by atoms with Gasteiger partial charge in [0.05, 0.1) is 18.0 Å². The predicted molar refractivity (Wildman–Crippen MR) is 117 cm³/mol. The quantitative estimate of drug-likeness (QED) is 0.575. The number of halogens is 1. The second-order valence-electron chi connectivity index (χ2n) is 7.10. The number of amides is 1. The summed E-state index contributed by atoms with van der Waals surface area (Å²) in [5, 5.41) is 0.875. The van der Waals surface area contributed by atoms with Crippen LogP contribution in [0.3, 0.4) is 0 Å². The molecule has 1 amide bonds. The minimum Gasteiger partial charge on any atom is -0.353 e. The van der Waals surface area contributed by atoms with Crippen LogP contribution in [0.5, 0.6) is 0 Å². The van der Waals surface area contributed by atoms with E-state index in [9.17, 15) is 9.18 Å². The first kappa shape index (κ1) is 20.3. The smallest absolute Gasteiger partial charge is 0.256 e. The maximum absolute atomic E-state index is 14.0. The molecule has 1 aliphatic rings. The van der Waals surface area contributed by atoms with Gasteiger partial charge in [0.1, 0.15) is 16.7 Å². The van der Waals surface area contributed by atoms with Gasteiger partial charge < -0.3 is 9.80 Å². The number of thioether (sulfide) groups is 1. The topological polar surface area (TPSA) is 49.3 Å². The summed E-state index contributed by atoms with van der Waals surface area (Å²) < 4.78 is 14.0. The molecule has 1 saturated heterocycles. The van der Waals surface area contributed by atoms with Crippen LogP contribution < -0.4 is 4.90 Å². The first-order valence-electron chi connectivity index (χ1n) is 9.98. The zero-order valence-corrected chi connectivity index (χ0v) is 17.4. The summed E-state index contributed by atoms with van der Waals surface area (Å²) in [6, 6.07) is 16.4. The minimum absolute atomic E-state index is 0.130. The number of hydrogen-bond acceptors (Lipinski definition) is 5. The molecule has 2 aromatic carbocycles. The van der Waals surface area contributed by atoms with E-state index in [1.165, 1.54) is 11.6 Å². The fourth-order valence-corrected chi connectivity index (χ4v) is 4.25. The van der Waals surface area contributed by atoms with Gasteiger partial charge in [0.15, 0.2) is 0 Å². The SMILES string of the molecule is O=C(c1ccccc1F)N1CCCN(c2cncc(SCc3ccccc3)n2)CC1. The summed E-state index contributed by atoms with van der Waals surface area (Å²) in [5.41, 5.74) is 1.37. The number of rotatable bonds is 5. The molecule has 0 aliphatic carbocycles. The van der Waals surface area contributed by atoms with Gasteiger partial charge in [-0.3, -0.25) is 9.78 Å². The molecular weight excluding hydrogens is 399 g/mol. The van der Waals surface area contributed by atoms with Crippen LogP contribution in [0.4, 0.5) is 10.2 Å². The lowest BCUT2D eigenvalue weighted by Crippen LogP contribution is -2.35. The Hall–Kier alpha value is -2.93. The fourth-order valence-electron chi connectivity index (χ4n) is 3.45. The monoisotopic (exact) mass is 422 g/mol. The fraction of sp³-hybridized carbons (Fsp3) is 0.261. The van der Waals surface area contributed by atoms with Crippen molar-refractivity contribution in [2.75, 3.05) is 31.1 Å². The molecule has 5 nitrogen and oxygen atoms in total. The highest BCUT2D eigenvalue weighted by molar-refractivity contribution is 7.98. The van der Waals surface area contributed by atoms with Crippen molar-refractivity contribution >= 4 is 23.5 Å². The van der Waals surface area contributed by atoms with Crippen molar-refractivity contribution in [2.45, 2.75) is 17.2 Å². The van der Waals surface area contributed by atoms with Crippen LogP contribution in [0.2, 0.25) is 0 Å². The van der Waals surface area contributed by atoms with E-state index in [-0.39, 0.29) is 11.5 Å². The van der Waals surface area contributed by atoms with Gasteiger partial charge in [-0.05, 0) is 24.1 Å².